The highest BCUT2D eigenvalue weighted by Crippen LogP contribution is 2.37. The molecule has 3 aliphatic rings. The number of thiophene rings is 1. The number of ether oxygens (including phenoxy) is 2. The number of fused-ring (bicyclic) bond motifs is 1. The lowest BCUT2D eigenvalue weighted by Gasteiger charge is -2.52. The van der Waals surface area contributed by atoms with Gasteiger partial charge in [0.05, 0.1) is 41.4 Å². The van der Waals surface area contributed by atoms with Crippen LogP contribution in [0.5, 0.6) is 0 Å². The Morgan fingerprint density at radius 2 is 1.63 bits per heavy atom. The molecule has 1 aromatic heterocycles. The van der Waals surface area contributed by atoms with E-state index in [-0.39, 0.29) is 67.3 Å². The summed E-state index contributed by atoms with van der Waals surface area (Å²) in [5, 5.41) is 5.84. The van der Waals surface area contributed by atoms with E-state index in [0.717, 1.165) is 22.9 Å². The number of nitrogens with zero attached hydrogens (tertiary/aromatic N) is 3. The third-order valence-electron chi connectivity index (χ3n) is 10.1. The predicted octanol–water partition coefficient (Wildman–Crippen LogP) is 6.99. The number of ketones is 1. The Balaban J connectivity index is 1.23. The van der Waals surface area contributed by atoms with Crippen LogP contribution in [0.3, 0.4) is 0 Å². The van der Waals surface area contributed by atoms with Crippen LogP contribution >= 0.6 is 22.9 Å². The van der Waals surface area contributed by atoms with E-state index in [1.54, 1.807) is 25.1 Å². The molecule has 276 valence electrons. The third kappa shape index (κ3) is 8.77. The van der Waals surface area contributed by atoms with Crippen molar-refractivity contribution >= 4 is 56.4 Å². The van der Waals surface area contributed by atoms with Gasteiger partial charge < -0.3 is 14.8 Å². The number of hydrogen-bond donors (Lipinski definition) is 1. The fraction of sp³-hybridized carbons (Fsp3) is 0.541. The summed E-state index contributed by atoms with van der Waals surface area (Å²) in [6.07, 6.45) is -0.721. The first-order valence-electron chi connectivity index (χ1n) is 17.7. The summed E-state index contributed by atoms with van der Waals surface area (Å²) in [5.74, 6) is -2.46. The molecule has 1 amide bonds. The molecule has 1 atom stereocenters. The van der Waals surface area contributed by atoms with E-state index in [1.165, 1.54) is 16.2 Å². The van der Waals surface area contributed by atoms with E-state index in [0.29, 0.717) is 62.2 Å². The van der Waals surface area contributed by atoms with Crippen molar-refractivity contribution in [3.05, 3.63) is 64.0 Å². The van der Waals surface area contributed by atoms with Gasteiger partial charge in [-0.2, -0.15) is 13.2 Å². The zero-order chi connectivity index (χ0) is 36.2. The number of carbonyl (C=O) groups excluding carboxylic acids is 3. The molecule has 2 aromatic carbocycles. The number of benzene rings is 2. The molecule has 51 heavy (non-hydrogen) atoms. The normalized spacial score (nSPS) is 22.1. The second-order valence-corrected chi connectivity index (χ2v) is 14.9. The lowest BCUT2D eigenvalue weighted by Crippen LogP contribution is -2.71. The fourth-order valence-electron chi connectivity index (χ4n) is 7.57. The average molecular weight is 749 g/mol. The van der Waals surface area contributed by atoms with Gasteiger partial charge in [-0.1, -0.05) is 35.9 Å². The molecule has 1 aliphatic carbocycles. The quantitative estimate of drug-likeness (QED) is 0.199. The van der Waals surface area contributed by atoms with Gasteiger partial charge in [0.15, 0.2) is 5.78 Å². The van der Waals surface area contributed by atoms with Crippen molar-refractivity contribution in [3.63, 3.8) is 0 Å². The zero-order valence-corrected chi connectivity index (χ0v) is 30.3. The molecular formula is C37H44ClF3N4O5S. The van der Waals surface area contributed by atoms with Gasteiger partial charge in [0, 0.05) is 61.2 Å². The number of carbonyl (C=O) groups is 3. The molecule has 1 saturated carbocycles. The Morgan fingerprint density at radius 1 is 0.941 bits per heavy atom. The number of esters is 1. The highest BCUT2D eigenvalue weighted by Gasteiger charge is 2.53. The molecule has 14 heteroatoms. The van der Waals surface area contributed by atoms with Crippen LogP contribution in [0.1, 0.15) is 61.4 Å². The van der Waals surface area contributed by atoms with E-state index < -0.39 is 18.6 Å². The van der Waals surface area contributed by atoms with E-state index in [4.69, 9.17) is 21.1 Å². The number of halogens is 4. The first kappa shape index (κ1) is 37.7. The molecule has 3 fully saturated rings. The zero-order valence-electron chi connectivity index (χ0n) is 28.7. The topological polar surface area (TPSA) is 91.4 Å². The van der Waals surface area contributed by atoms with E-state index in [2.05, 4.69) is 5.32 Å². The summed E-state index contributed by atoms with van der Waals surface area (Å²) in [6, 6.07) is 12.8. The first-order chi connectivity index (χ1) is 24.5. The number of rotatable bonds is 12. The van der Waals surface area contributed by atoms with Crippen molar-refractivity contribution in [1.82, 2.24) is 14.7 Å². The number of Topliss-reactive ketones (excluding diaryl/α,β-unsaturated/α-hetero) is 1. The van der Waals surface area contributed by atoms with Crippen LogP contribution in [-0.2, 0) is 25.5 Å². The van der Waals surface area contributed by atoms with Crippen molar-refractivity contribution in [2.24, 2.45) is 5.92 Å². The lowest BCUT2D eigenvalue weighted by molar-refractivity contribution is -0.262. The number of nitrogens with one attached hydrogen (secondary N) is 1. The molecule has 0 radical (unpaired) electrons. The molecule has 3 aromatic rings. The van der Waals surface area contributed by atoms with Crippen molar-refractivity contribution < 1.29 is 37.0 Å². The largest absolute Gasteiger partial charge is 0.466 e. The number of piperazine rings is 1. The van der Waals surface area contributed by atoms with Gasteiger partial charge in [-0.3, -0.25) is 29.1 Å². The molecule has 0 bridgehead atoms. The molecule has 3 heterocycles. The summed E-state index contributed by atoms with van der Waals surface area (Å²) >= 11 is 8.19. The van der Waals surface area contributed by atoms with Crippen molar-refractivity contribution in [2.75, 3.05) is 57.7 Å². The Kier molecular flexibility index (Phi) is 12.0. The minimum absolute atomic E-state index is 0.0411. The number of hydrogen-bond acceptors (Lipinski definition) is 9. The van der Waals surface area contributed by atoms with Crippen molar-refractivity contribution in [2.45, 2.75) is 70.0 Å². The van der Waals surface area contributed by atoms with E-state index >= 15 is 0 Å². The number of anilines is 1. The number of amides is 1. The fourth-order valence-corrected chi connectivity index (χ4v) is 8.76. The summed E-state index contributed by atoms with van der Waals surface area (Å²) in [5.41, 5.74) is 1.58. The highest BCUT2D eigenvalue weighted by molar-refractivity contribution is 7.17. The average Bonchev–Trinajstić information content (AvgIpc) is 3.80. The van der Waals surface area contributed by atoms with E-state index in [1.807, 2.05) is 39.4 Å². The molecule has 0 spiro atoms. The van der Waals surface area contributed by atoms with Gasteiger partial charge in [0.2, 0.25) is 5.85 Å². The molecule has 1 unspecified atom stereocenters. The molecule has 6 rings (SSSR count). The van der Waals surface area contributed by atoms with Crippen LogP contribution in [0.2, 0.25) is 5.02 Å². The maximum Gasteiger partial charge on any atom is 0.401 e. The Hall–Kier alpha value is -3.07. The van der Waals surface area contributed by atoms with Crippen LogP contribution in [0, 0.1) is 5.92 Å². The Morgan fingerprint density at radius 3 is 2.29 bits per heavy atom. The maximum absolute atomic E-state index is 14.8. The smallest absolute Gasteiger partial charge is 0.401 e. The SMILES string of the molecule is CCOC(=O)[C@H]1CC[C@H](OC(C(=O)Cc2ccc(NC(=O)c3csc4ccccc34)c(Cl)c2)(N2CCCC2)N2CCN(CC(F)(F)F)CC2)CC1. The van der Waals surface area contributed by atoms with Gasteiger partial charge >= 0.3 is 12.1 Å². The summed E-state index contributed by atoms with van der Waals surface area (Å²) < 4.78 is 53.1. The van der Waals surface area contributed by atoms with Crippen molar-refractivity contribution in [1.29, 1.82) is 0 Å². The van der Waals surface area contributed by atoms with Gasteiger partial charge in [0.1, 0.15) is 0 Å². The third-order valence-corrected chi connectivity index (χ3v) is 11.4. The minimum Gasteiger partial charge on any atom is -0.466 e. The summed E-state index contributed by atoms with van der Waals surface area (Å²) in [4.78, 5) is 45.8. The predicted molar refractivity (Wildman–Crippen MR) is 191 cm³/mol. The van der Waals surface area contributed by atoms with Crippen LogP contribution in [-0.4, -0.2) is 103 Å². The summed E-state index contributed by atoms with van der Waals surface area (Å²) in [7, 11) is 0. The second kappa shape index (κ2) is 16.3. The molecular weight excluding hydrogens is 705 g/mol. The Labute approximate surface area is 305 Å². The monoisotopic (exact) mass is 748 g/mol. The first-order valence-corrected chi connectivity index (χ1v) is 19.0. The van der Waals surface area contributed by atoms with Crippen LogP contribution in [0.25, 0.3) is 10.1 Å². The standard InChI is InChI=1S/C37H44ClF3N4O5S/c1-2-49-35(48)26-10-12-27(13-11-26)50-37(44-15-5-6-16-44,45-19-17-43(18-20-45)24-36(39,40)41)33(46)22-25-9-14-31(30(38)21-25)42-34(47)29-23-51-32-8-4-3-7-28(29)32/h3-4,7-9,14,21,23,26-27H,2,5-6,10-13,15-20,22,24H2,1H3,(H,42,47)/t26-,27-,37?. The molecule has 2 saturated heterocycles. The maximum atomic E-state index is 14.8. The summed E-state index contributed by atoms with van der Waals surface area (Å²) in [6.45, 7) is 3.02. The van der Waals surface area contributed by atoms with Crippen LogP contribution in [0.4, 0.5) is 18.9 Å². The van der Waals surface area contributed by atoms with Gasteiger partial charge in [-0.05, 0) is 69.2 Å². The van der Waals surface area contributed by atoms with Crippen LogP contribution < -0.4 is 5.32 Å². The number of alkyl halides is 3. The highest BCUT2D eigenvalue weighted by atomic mass is 35.5. The van der Waals surface area contributed by atoms with E-state index in [9.17, 15) is 27.6 Å². The van der Waals surface area contributed by atoms with Crippen LogP contribution in [0.15, 0.2) is 47.8 Å². The second-order valence-electron chi connectivity index (χ2n) is 13.5. The molecule has 9 nitrogen and oxygen atoms in total. The van der Waals surface area contributed by atoms with Gasteiger partial charge in [-0.15, -0.1) is 11.3 Å². The van der Waals surface area contributed by atoms with Crippen molar-refractivity contribution in [3.8, 4) is 0 Å². The molecule has 1 N–H and O–H groups in total. The molecule has 2 aliphatic heterocycles. The lowest BCUT2D eigenvalue weighted by atomic mass is 9.87. The van der Waals surface area contributed by atoms with Gasteiger partial charge in [0.25, 0.3) is 5.91 Å². The van der Waals surface area contributed by atoms with Gasteiger partial charge in [-0.25, -0.2) is 0 Å². The Bertz CT molecular complexity index is 1700. The minimum atomic E-state index is -4.32. The number of likely N-dealkylation sites (tertiary alicyclic amines) is 1.